The first kappa shape index (κ1) is 18.6. The molecule has 1 atom stereocenters. The highest BCUT2D eigenvalue weighted by molar-refractivity contribution is 5.99. The molecular weight excluding hydrogens is 346 g/mol. The molecule has 140 valence electrons. The topological polar surface area (TPSA) is 90.7 Å². The molecule has 1 aromatic carbocycles. The minimum atomic E-state index is -0.847. The minimum absolute atomic E-state index is 0.215. The normalized spacial score (nSPS) is 18.6. The largest absolute Gasteiger partial charge is 0.467 e. The number of esters is 1. The van der Waals surface area contributed by atoms with E-state index in [1.54, 1.807) is 29.2 Å². The van der Waals surface area contributed by atoms with E-state index in [0.717, 1.165) is 5.56 Å². The van der Waals surface area contributed by atoms with Crippen LogP contribution in [0.2, 0.25) is 0 Å². The second-order valence-electron chi connectivity index (χ2n) is 6.78. The summed E-state index contributed by atoms with van der Waals surface area (Å²) in [6, 6.07) is 8.17. The van der Waals surface area contributed by atoms with Gasteiger partial charge in [-0.1, -0.05) is 18.7 Å². The van der Waals surface area contributed by atoms with Crippen LogP contribution in [0.4, 0.5) is 0 Å². The number of carbonyl (C=O) groups excluding carboxylic acids is 3. The molecule has 2 fully saturated rings. The molecule has 0 unspecified atom stereocenters. The molecule has 7 nitrogen and oxygen atoms in total. The molecule has 1 heterocycles. The Labute approximate surface area is 157 Å². The Morgan fingerprint density at radius 3 is 2.52 bits per heavy atom. The van der Waals surface area contributed by atoms with E-state index in [1.165, 1.54) is 18.1 Å². The molecule has 1 saturated carbocycles. The number of hydrogen-bond acceptors (Lipinski definition) is 5. The molecule has 0 bridgehead atoms. The average Bonchev–Trinajstić information content (AvgIpc) is 3.49. The smallest absolute Gasteiger partial charge is 0.328 e. The minimum Gasteiger partial charge on any atom is -0.467 e. The predicted molar refractivity (Wildman–Crippen MR) is 96.3 cm³/mol. The number of methoxy groups -OCH3 is 1. The van der Waals surface area contributed by atoms with Crippen LogP contribution < -0.4 is 0 Å². The maximum Gasteiger partial charge on any atom is 0.328 e. The van der Waals surface area contributed by atoms with Gasteiger partial charge in [-0.3, -0.25) is 9.59 Å². The molecule has 7 heteroatoms. The van der Waals surface area contributed by atoms with Crippen LogP contribution in [0.3, 0.4) is 0 Å². The number of nitrogens with zero attached hydrogens (tertiary/aromatic N) is 3. The molecule has 27 heavy (non-hydrogen) atoms. The number of piperazine rings is 1. The average molecular weight is 367 g/mol. The van der Waals surface area contributed by atoms with Crippen LogP contribution in [0.5, 0.6) is 0 Å². The van der Waals surface area contributed by atoms with Gasteiger partial charge in [0.05, 0.1) is 18.7 Å². The van der Waals surface area contributed by atoms with Gasteiger partial charge >= 0.3 is 5.97 Å². The Morgan fingerprint density at radius 2 is 2.00 bits per heavy atom. The van der Waals surface area contributed by atoms with Gasteiger partial charge in [0.1, 0.15) is 11.6 Å². The highest BCUT2D eigenvalue weighted by atomic mass is 16.5. The fraction of sp³-hybridized carbons (Fsp3) is 0.400. The molecule has 0 N–H and O–H groups in total. The highest BCUT2D eigenvalue weighted by Gasteiger charge is 2.60. The number of ether oxygens (including phenoxy) is 1. The SMILES string of the molecule is C=CC(=O)N1CCN([C@@H](Cc2ccc(C#N)cc2)C(=O)OC)C(=O)C12CC2. The first-order valence-electron chi connectivity index (χ1n) is 8.79. The van der Waals surface area contributed by atoms with E-state index in [-0.39, 0.29) is 24.8 Å². The lowest BCUT2D eigenvalue weighted by Gasteiger charge is -2.43. The summed E-state index contributed by atoms with van der Waals surface area (Å²) in [6.45, 7) is 4.13. The molecule has 1 aromatic rings. The third-order valence-electron chi connectivity index (χ3n) is 5.27. The Kier molecular flexibility index (Phi) is 5.00. The molecule has 1 saturated heterocycles. The quantitative estimate of drug-likeness (QED) is 0.573. The molecule has 0 radical (unpaired) electrons. The van der Waals surface area contributed by atoms with E-state index in [4.69, 9.17) is 10.00 Å². The van der Waals surface area contributed by atoms with E-state index in [9.17, 15) is 14.4 Å². The van der Waals surface area contributed by atoms with Gasteiger partial charge in [-0.2, -0.15) is 5.26 Å². The zero-order valence-electron chi connectivity index (χ0n) is 15.2. The molecular formula is C20H21N3O4. The van der Waals surface area contributed by atoms with Crippen molar-refractivity contribution in [3.8, 4) is 6.07 Å². The lowest BCUT2D eigenvalue weighted by molar-refractivity contribution is -0.161. The lowest BCUT2D eigenvalue weighted by atomic mass is 10.00. The van der Waals surface area contributed by atoms with Crippen LogP contribution in [-0.2, 0) is 25.5 Å². The van der Waals surface area contributed by atoms with E-state index in [1.807, 2.05) is 0 Å². The van der Waals surface area contributed by atoms with Gasteiger partial charge < -0.3 is 14.5 Å². The molecule has 1 spiro atoms. The fourth-order valence-corrected chi connectivity index (χ4v) is 3.63. The van der Waals surface area contributed by atoms with Crippen molar-refractivity contribution >= 4 is 17.8 Å². The number of rotatable bonds is 5. The summed E-state index contributed by atoms with van der Waals surface area (Å²) in [6.07, 6.45) is 2.69. The molecule has 2 aliphatic rings. The van der Waals surface area contributed by atoms with Crippen molar-refractivity contribution < 1.29 is 19.1 Å². The fourth-order valence-electron chi connectivity index (χ4n) is 3.63. The van der Waals surface area contributed by atoms with Crippen LogP contribution in [0.15, 0.2) is 36.9 Å². The Balaban J connectivity index is 1.84. The Hall–Kier alpha value is -3.14. The number of carbonyl (C=O) groups is 3. The number of nitriles is 1. The zero-order valence-corrected chi connectivity index (χ0v) is 15.2. The molecule has 2 amide bonds. The van der Waals surface area contributed by atoms with E-state index < -0.39 is 17.6 Å². The predicted octanol–water partition coefficient (Wildman–Crippen LogP) is 1.03. The van der Waals surface area contributed by atoms with Crippen LogP contribution >= 0.6 is 0 Å². The summed E-state index contributed by atoms with van der Waals surface area (Å²) in [5.41, 5.74) is 0.505. The van der Waals surface area contributed by atoms with Crippen molar-refractivity contribution in [2.75, 3.05) is 20.2 Å². The van der Waals surface area contributed by atoms with Crippen molar-refractivity contribution in [3.63, 3.8) is 0 Å². The van der Waals surface area contributed by atoms with Crippen molar-refractivity contribution in [3.05, 3.63) is 48.0 Å². The second-order valence-corrected chi connectivity index (χ2v) is 6.78. The number of hydrogen-bond donors (Lipinski definition) is 0. The van der Waals surface area contributed by atoms with Gasteiger partial charge in [-0.05, 0) is 36.6 Å². The van der Waals surface area contributed by atoms with E-state index >= 15 is 0 Å². The van der Waals surface area contributed by atoms with Gasteiger partial charge in [0, 0.05) is 19.5 Å². The third kappa shape index (κ3) is 3.31. The van der Waals surface area contributed by atoms with Gasteiger partial charge in [-0.15, -0.1) is 0 Å². The van der Waals surface area contributed by atoms with E-state index in [0.29, 0.717) is 24.9 Å². The van der Waals surface area contributed by atoms with Crippen molar-refractivity contribution in [2.45, 2.75) is 30.8 Å². The van der Waals surface area contributed by atoms with Crippen LogP contribution in [0.25, 0.3) is 0 Å². The second kappa shape index (κ2) is 7.23. The van der Waals surface area contributed by atoms with Crippen LogP contribution in [0.1, 0.15) is 24.0 Å². The van der Waals surface area contributed by atoms with Crippen molar-refractivity contribution in [1.29, 1.82) is 5.26 Å². The summed E-state index contributed by atoms with van der Waals surface area (Å²) >= 11 is 0. The number of benzene rings is 1. The van der Waals surface area contributed by atoms with E-state index in [2.05, 4.69) is 12.6 Å². The first-order valence-corrected chi connectivity index (χ1v) is 8.79. The Morgan fingerprint density at radius 1 is 1.33 bits per heavy atom. The highest BCUT2D eigenvalue weighted by Crippen LogP contribution is 2.46. The lowest BCUT2D eigenvalue weighted by Crippen LogP contribution is -2.64. The molecule has 1 aliphatic heterocycles. The summed E-state index contributed by atoms with van der Waals surface area (Å²) in [7, 11) is 1.29. The van der Waals surface area contributed by atoms with Gasteiger partial charge in [-0.25, -0.2) is 4.79 Å². The van der Waals surface area contributed by atoms with Crippen LogP contribution in [-0.4, -0.2) is 59.4 Å². The monoisotopic (exact) mass is 367 g/mol. The maximum atomic E-state index is 13.1. The molecule has 0 aromatic heterocycles. The van der Waals surface area contributed by atoms with Gasteiger partial charge in [0.2, 0.25) is 11.8 Å². The van der Waals surface area contributed by atoms with Crippen molar-refractivity contribution in [1.82, 2.24) is 9.80 Å². The standard InChI is InChI=1S/C20H21N3O4/c1-3-17(24)23-11-10-22(19(26)20(23)8-9-20)16(18(25)27-2)12-14-4-6-15(13-21)7-5-14/h3-7,16H,1,8-12H2,2H3/t16-/m0/s1. The third-order valence-corrected chi connectivity index (χ3v) is 5.27. The van der Waals surface area contributed by atoms with Crippen molar-refractivity contribution in [2.24, 2.45) is 0 Å². The summed E-state index contributed by atoms with van der Waals surface area (Å²) in [5.74, 6) is -0.970. The first-order chi connectivity index (χ1) is 13.0. The summed E-state index contributed by atoms with van der Waals surface area (Å²) in [5, 5.41) is 8.91. The number of amides is 2. The van der Waals surface area contributed by atoms with Crippen LogP contribution in [0, 0.1) is 11.3 Å². The van der Waals surface area contributed by atoms with Gasteiger partial charge in [0.25, 0.3) is 0 Å². The summed E-state index contributed by atoms with van der Waals surface area (Å²) in [4.78, 5) is 40.8. The Bertz CT molecular complexity index is 821. The van der Waals surface area contributed by atoms with Gasteiger partial charge in [0.15, 0.2) is 0 Å². The maximum absolute atomic E-state index is 13.1. The molecule has 3 rings (SSSR count). The zero-order chi connectivity index (χ0) is 19.6. The molecule has 1 aliphatic carbocycles. The summed E-state index contributed by atoms with van der Waals surface area (Å²) < 4.78 is 4.93.